The van der Waals surface area contributed by atoms with Gasteiger partial charge in [-0.05, 0) is 27.7 Å². The number of aliphatic hydroxyl groups is 1. The molecule has 0 aliphatic carbocycles. The first-order valence-corrected chi connectivity index (χ1v) is 4.77. The van der Waals surface area contributed by atoms with Crippen molar-refractivity contribution in [3.63, 3.8) is 0 Å². The molecule has 0 radical (unpaired) electrons. The Balaban J connectivity index is 4.11. The van der Waals surface area contributed by atoms with E-state index in [4.69, 9.17) is 5.11 Å². The molecule has 5 nitrogen and oxygen atoms in total. The van der Waals surface area contributed by atoms with Gasteiger partial charge in [0.2, 0.25) is 5.91 Å². The zero-order chi connectivity index (χ0) is 12.3. The number of carboxylic acids is 1. The number of nitrogens with one attached hydrogen (secondary N) is 1. The maximum Gasteiger partial charge on any atom is 0.309 e. The highest BCUT2D eigenvalue weighted by Gasteiger charge is 2.30. The van der Waals surface area contributed by atoms with Crippen LogP contribution in [-0.4, -0.2) is 34.2 Å². The third-order valence-electron chi connectivity index (χ3n) is 1.90. The van der Waals surface area contributed by atoms with Gasteiger partial charge in [0.15, 0.2) is 0 Å². The molecule has 0 aromatic carbocycles. The number of carboxylic acid groups (broad SMARTS) is 1. The summed E-state index contributed by atoms with van der Waals surface area (Å²) in [6.45, 7) is 6.21. The van der Waals surface area contributed by atoms with Crippen LogP contribution >= 0.6 is 0 Å². The summed E-state index contributed by atoms with van der Waals surface area (Å²) >= 11 is 0. The Labute approximate surface area is 89.5 Å². The van der Waals surface area contributed by atoms with Crippen molar-refractivity contribution in [3.8, 4) is 0 Å². The van der Waals surface area contributed by atoms with Crippen molar-refractivity contribution < 1.29 is 19.8 Å². The van der Waals surface area contributed by atoms with Gasteiger partial charge in [0, 0.05) is 13.0 Å². The summed E-state index contributed by atoms with van der Waals surface area (Å²) in [5.41, 5.74) is -2.06. The maximum atomic E-state index is 11.3. The van der Waals surface area contributed by atoms with Gasteiger partial charge in [0.1, 0.15) is 0 Å². The fourth-order valence-corrected chi connectivity index (χ4v) is 0.854. The monoisotopic (exact) mass is 217 g/mol. The Kier molecular flexibility index (Phi) is 4.27. The molecule has 3 N–H and O–H groups in total. The van der Waals surface area contributed by atoms with E-state index in [9.17, 15) is 14.7 Å². The van der Waals surface area contributed by atoms with E-state index in [0.29, 0.717) is 0 Å². The van der Waals surface area contributed by atoms with Gasteiger partial charge >= 0.3 is 5.97 Å². The van der Waals surface area contributed by atoms with Crippen LogP contribution in [0, 0.1) is 5.41 Å². The Morgan fingerprint density at radius 1 is 1.20 bits per heavy atom. The molecule has 0 unspecified atom stereocenters. The van der Waals surface area contributed by atoms with E-state index in [-0.39, 0.29) is 18.9 Å². The van der Waals surface area contributed by atoms with Gasteiger partial charge in [-0.15, -0.1) is 0 Å². The molecule has 0 aromatic heterocycles. The van der Waals surface area contributed by atoms with Crippen molar-refractivity contribution in [2.45, 2.75) is 39.7 Å². The molecule has 88 valence electrons. The van der Waals surface area contributed by atoms with Crippen molar-refractivity contribution in [2.75, 3.05) is 6.54 Å². The molecule has 0 rings (SSSR count). The zero-order valence-electron chi connectivity index (χ0n) is 9.63. The lowest BCUT2D eigenvalue weighted by Crippen LogP contribution is -2.40. The molecular formula is C10H19NO4. The summed E-state index contributed by atoms with van der Waals surface area (Å²) in [7, 11) is 0. The number of aliphatic carboxylic acids is 1. The molecule has 0 fully saturated rings. The minimum atomic E-state index is -1.08. The van der Waals surface area contributed by atoms with E-state index in [1.165, 1.54) is 13.8 Å². The summed E-state index contributed by atoms with van der Waals surface area (Å²) in [6.07, 6.45) is -0.0988. The molecule has 0 bridgehead atoms. The van der Waals surface area contributed by atoms with Crippen molar-refractivity contribution in [1.82, 2.24) is 5.32 Å². The normalized spacial score (nSPS) is 12.3. The summed E-state index contributed by atoms with van der Waals surface area (Å²) in [4.78, 5) is 22.1. The van der Waals surface area contributed by atoms with Crippen LogP contribution in [0.1, 0.15) is 34.1 Å². The summed E-state index contributed by atoms with van der Waals surface area (Å²) in [5, 5.41) is 20.6. The van der Waals surface area contributed by atoms with Crippen LogP contribution in [0.3, 0.4) is 0 Å². The Morgan fingerprint density at radius 3 is 2.00 bits per heavy atom. The first-order chi connectivity index (χ1) is 6.54. The van der Waals surface area contributed by atoms with Gasteiger partial charge in [-0.25, -0.2) is 0 Å². The standard InChI is InChI=1S/C10H19NO4/c1-9(2,8(13)14)5-7(12)11-6-10(3,4)15/h15H,5-6H2,1-4H3,(H,11,12)(H,13,14). The number of amides is 1. The van der Waals surface area contributed by atoms with Crippen LogP contribution in [0.2, 0.25) is 0 Å². The van der Waals surface area contributed by atoms with Crippen LogP contribution in [-0.2, 0) is 9.59 Å². The third-order valence-corrected chi connectivity index (χ3v) is 1.90. The summed E-state index contributed by atoms with van der Waals surface area (Å²) < 4.78 is 0. The lowest BCUT2D eigenvalue weighted by Gasteiger charge is -2.21. The van der Waals surface area contributed by atoms with Gasteiger partial charge < -0.3 is 15.5 Å². The minimum Gasteiger partial charge on any atom is -0.481 e. The van der Waals surface area contributed by atoms with E-state index in [1.807, 2.05) is 0 Å². The highest BCUT2D eigenvalue weighted by atomic mass is 16.4. The van der Waals surface area contributed by atoms with Crippen LogP contribution < -0.4 is 5.32 Å². The number of rotatable bonds is 5. The van der Waals surface area contributed by atoms with E-state index in [1.54, 1.807) is 13.8 Å². The average molecular weight is 217 g/mol. The fraction of sp³-hybridized carbons (Fsp3) is 0.800. The molecular weight excluding hydrogens is 198 g/mol. The molecule has 5 heteroatoms. The molecule has 0 aromatic rings. The predicted octanol–water partition coefficient (Wildman–Crippen LogP) is 0.374. The minimum absolute atomic E-state index is 0.0988. The highest BCUT2D eigenvalue weighted by molar-refractivity contribution is 5.84. The molecule has 0 saturated carbocycles. The molecule has 0 spiro atoms. The predicted molar refractivity (Wildman–Crippen MR) is 55.3 cm³/mol. The molecule has 0 aliphatic rings. The van der Waals surface area contributed by atoms with Gasteiger partial charge in [-0.1, -0.05) is 0 Å². The van der Waals surface area contributed by atoms with E-state index in [2.05, 4.69) is 5.32 Å². The van der Waals surface area contributed by atoms with Crippen LogP contribution in [0.15, 0.2) is 0 Å². The fourth-order valence-electron chi connectivity index (χ4n) is 0.854. The van der Waals surface area contributed by atoms with Crippen LogP contribution in [0.5, 0.6) is 0 Å². The van der Waals surface area contributed by atoms with Crippen molar-refractivity contribution >= 4 is 11.9 Å². The molecule has 0 aliphatic heterocycles. The van der Waals surface area contributed by atoms with Crippen LogP contribution in [0.4, 0.5) is 0 Å². The number of hydrogen-bond acceptors (Lipinski definition) is 3. The Morgan fingerprint density at radius 2 is 1.67 bits per heavy atom. The van der Waals surface area contributed by atoms with Crippen molar-refractivity contribution in [3.05, 3.63) is 0 Å². The Bertz CT molecular complexity index is 253. The third kappa shape index (κ3) is 6.06. The van der Waals surface area contributed by atoms with Crippen molar-refractivity contribution in [1.29, 1.82) is 0 Å². The lowest BCUT2D eigenvalue weighted by molar-refractivity contribution is -0.149. The molecule has 0 saturated heterocycles. The number of carbonyl (C=O) groups is 2. The smallest absolute Gasteiger partial charge is 0.309 e. The van der Waals surface area contributed by atoms with E-state index < -0.39 is 17.0 Å². The highest BCUT2D eigenvalue weighted by Crippen LogP contribution is 2.20. The van der Waals surface area contributed by atoms with E-state index in [0.717, 1.165) is 0 Å². The van der Waals surface area contributed by atoms with Gasteiger partial charge in [-0.3, -0.25) is 9.59 Å². The molecule has 0 atom stereocenters. The second-order valence-corrected chi connectivity index (χ2v) is 4.95. The van der Waals surface area contributed by atoms with Crippen molar-refractivity contribution in [2.24, 2.45) is 5.41 Å². The SMILES string of the molecule is CC(C)(O)CNC(=O)CC(C)(C)C(=O)O. The summed E-state index contributed by atoms with van der Waals surface area (Å²) in [5.74, 6) is -1.38. The summed E-state index contributed by atoms with van der Waals surface area (Å²) in [6, 6.07) is 0. The van der Waals surface area contributed by atoms with Gasteiger partial charge in [0.25, 0.3) is 0 Å². The first-order valence-electron chi connectivity index (χ1n) is 4.77. The maximum absolute atomic E-state index is 11.3. The second-order valence-electron chi connectivity index (χ2n) is 4.95. The molecule has 1 amide bonds. The number of hydrogen-bond donors (Lipinski definition) is 3. The first kappa shape index (κ1) is 13.9. The largest absolute Gasteiger partial charge is 0.481 e. The van der Waals surface area contributed by atoms with Crippen LogP contribution in [0.25, 0.3) is 0 Å². The lowest BCUT2D eigenvalue weighted by atomic mass is 9.89. The van der Waals surface area contributed by atoms with Gasteiger partial charge in [0.05, 0.1) is 11.0 Å². The quantitative estimate of drug-likeness (QED) is 0.621. The topological polar surface area (TPSA) is 86.6 Å². The zero-order valence-corrected chi connectivity index (χ0v) is 9.63. The van der Waals surface area contributed by atoms with E-state index >= 15 is 0 Å². The van der Waals surface area contributed by atoms with Gasteiger partial charge in [-0.2, -0.15) is 0 Å². The number of carbonyl (C=O) groups excluding carboxylic acids is 1. The molecule has 15 heavy (non-hydrogen) atoms. The molecule has 0 heterocycles. The average Bonchev–Trinajstić information content (AvgIpc) is 1.98. The Hall–Kier alpha value is -1.10. The second kappa shape index (κ2) is 4.61.